The zero-order valence-electron chi connectivity index (χ0n) is 11.7. The highest BCUT2D eigenvalue weighted by Gasteiger charge is 2.45. The van der Waals surface area contributed by atoms with Crippen LogP contribution in [-0.4, -0.2) is 33.5 Å². The number of pyridine rings is 1. The third-order valence-corrected chi connectivity index (χ3v) is 4.07. The Morgan fingerprint density at radius 2 is 2.18 bits per heavy atom. The van der Waals surface area contributed by atoms with Gasteiger partial charge in [0.1, 0.15) is 29.2 Å². The molecule has 2 aliphatic heterocycles. The summed E-state index contributed by atoms with van der Waals surface area (Å²) in [5, 5.41) is 9.11. The van der Waals surface area contributed by atoms with Gasteiger partial charge in [-0.1, -0.05) is 0 Å². The van der Waals surface area contributed by atoms with Gasteiger partial charge in [0.25, 0.3) is 11.5 Å². The second-order valence-electron chi connectivity index (χ2n) is 5.40. The van der Waals surface area contributed by atoms with Crippen LogP contribution in [0.25, 0.3) is 0 Å². The Labute approximate surface area is 125 Å². The molecule has 1 unspecified atom stereocenters. The molecule has 0 bridgehead atoms. The lowest BCUT2D eigenvalue weighted by Gasteiger charge is -2.25. The molecule has 3 N–H and O–H groups in total. The lowest BCUT2D eigenvalue weighted by molar-refractivity contribution is 0.0927. The van der Waals surface area contributed by atoms with Crippen molar-refractivity contribution in [3.8, 4) is 0 Å². The normalized spacial score (nSPS) is 22.6. The van der Waals surface area contributed by atoms with Crippen LogP contribution in [0.2, 0.25) is 0 Å². The third kappa shape index (κ3) is 1.81. The number of hydrogen-bond donors (Lipinski definition) is 3. The van der Waals surface area contributed by atoms with Gasteiger partial charge in [0.15, 0.2) is 0 Å². The van der Waals surface area contributed by atoms with Crippen molar-refractivity contribution in [3.63, 3.8) is 0 Å². The van der Waals surface area contributed by atoms with Crippen LogP contribution in [0.5, 0.6) is 0 Å². The summed E-state index contributed by atoms with van der Waals surface area (Å²) in [5.74, 6) is 0.318. The molecular weight excluding hydrogens is 284 g/mol. The number of rotatable bonds is 2. The number of carbonyl (C=O) groups excluding carboxylic acids is 1. The van der Waals surface area contributed by atoms with Crippen LogP contribution in [0, 0.1) is 0 Å². The van der Waals surface area contributed by atoms with Gasteiger partial charge in [0.2, 0.25) is 0 Å². The van der Waals surface area contributed by atoms with Crippen molar-refractivity contribution >= 4 is 17.4 Å². The lowest BCUT2D eigenvalue weighted by Crippen LogP contribution is -2.49. The predicted molar refractivity (Wildman–Crippen MR) is 78.9 cm³/mol. The largest absolute Gasteiger partial charge is 0.336 e. The Balaban J connectivity index is 1.81. The molecule has 8 heteroatoms. The van der Waals surface area contributed by atoms with Gasteiger partial charge in [-0.05, 0) is 24.7 Å². The monoisotopic (exact) mass is 298 g/mol. The van der Waals surface area contributed by atoms with Crippen LogP contribution in [0.3, 0.4) is 0 Å². The number of nitrogens with one attached hydrogen (secondary N) is 3. The highest BCUT2D eigenvalue weighted by atomic mass is 16.2. The minimum absolute atomic E-state index is 0.214. The summed E-state index contributed by atoms with van der Waals surface area (Å²) < 4.78 is 1.55. The van der Waals surface area contributed by atoms with Gasteiger partial charge in [-0.25, -0.2) is 9.97 Å². The lowest BCUT2D eigenvalue weighted by atomic mass is 10.1. The number of amides is 1. The summed E-state index contributed by atoms with van der Waals surface area (Å²) >= 11 is 0. The molecule has 0 saturated carbocycles. The molecule has 2 aromatic rings. The van der Waals surface area contributed by atoms with Crippen LogP contribution >= 0.6 is 0 Å². The van der Waals surface area contributed by atoms with Crippen molar-refractivity contribution in [2.24, 2.45) is 0 Å². The van der Waals surface area contributed by atoms with Gasteiger partial charge in [0, 0.05) is 19.2 Å². The summed E-state index contributed by atoms with van der Waals surface area (Å²) in [4.78, 5) is 32.8. The van der Waals surface area contributed by atoms with E-state index in [9.17, 15) is 9.59 Å². The molecule has 8 nitrogen and oxygen atoms in total. The van der Waals surface area contributed by atoms with E-state index in [1.54, 1.807) is 29.0 Å². The van der Waals surface area contributed by atoms with E-state index in [0.29, 0.717) is 30.2 Å². The van der Waals surface area contributed by atoms with Gasteiger partial charge < -0.3 is 16.0 Å². The van der Waals surface area contributed by atoms with Crippen LogP contribution in [0.4, 0.5) is 11.5 Å². The van der Waals surface area contributed by atoms with Gasteiger partial charge in [-0.15, -0.1) is 0 Å². The maximum Gasteiger partial charge on any atom is 0.276 e. The van der Waals surface area contributed by atoms with E-state index in [4.69, 9.17) is 0 Å². The van der Waals surface area contributed by atoms with Crippen LogP contribution in [0.1, 0.15) is 16.9 Å². The molecule has 1 amide bonds. The predicted octanol–water partition coefficient (Wildman–Crippen LogP) is -0.229. The molecule has 0 aliphatic carbocycles. The average Bonchev–Trinajstić information content (AvgIpc) is 3.09. The van der Waals surface area contributed by atoms with E-state index >= 15 is 0 Å². The second kappa shape index (κ2) is 4.63. The van der Waals surface area contributed by atoms with Crippen LogP contribution in [0.15, 0.2) is 35.5 Å². The van der Waals surface area contributed by atoms with E-state index < -0.39 is 5.66 Å². The quantitative estimate of drug-likeness (QED) is 0.708. The summed E-state index contributed by atoms with van der Waals surface area (Å²) in [6, 6.07) is 4.94. The summed E-state index contributed by atoms with van der Waals surface area (Å²) in [5.41, 5.74) is -0.127. The highest BCUT2D eigenvalue weighted by Crippen LogP contribution is 2.28. The van der Waals surface area contributed by atoms with E-state index in [1.807, 2.05) is 0 Å². The molecule has 112 valence electrons. The van der Waals surface area contributed by atoms with Crippen molar-refractivity contribution in [2.75, 3.05) is 18.4 Å². The standard InChI is InChI=1S/C14H14N6O2/c21-12-10-2-1-9(18-11-3-5-16-8-17-11)13(22)20(10)14(19-12)4-6-15-7-14/h1-3,5,8,15H,4,6-7H2,(H,19,21)(H,16,17,18). The molecule has 0 radical (unpaired) electrons. The fraction of sp³-hybridized carbons (Fsp3) is 0.286. The first-order valence-corrected chi connectivity index (χ1v) is 7.02. The number of fused-ring (bicyclic) bond motifs is 2. The van der Waals surface area contributed by atoms with Crippen molar-refractivity contribution in [3.05, 3.63) is 46.8 Å². The fourth-order valence-electron chi connectivity index (χ4n) is 3.05. The SMILES string of the molecule is O=C1NC2(CCNC2)n2c1ccc(Nc1ccncn1)c2=O. The summed E-state index contributed by atoms with van der Waals surface area (Å²) in [6.07, 6.45) is 3.68. The van der Waals surface area contributed by atoms with E-state index in [2.05, 4.69) is 25.9 Å². The Morgan fingerprint density at radius 3 is 2.91 bits per heavy atom. The number of nitrogens with zero attached hydrogens (tertiary/aromatic N) is 3. The van der Waals surface area contributed by atoms with Crippen LogP contribution < -0.4 is 21.5 Å². The molecular formula is C14H14N6O2. The minimum Gasteiger partial charge on any atom is -0.336 e. The van der Waals surface area contributed by atoms with E-state index in [0.717, 1.165) is 6.54 Å². The first-order valence-electron chi connectivity index (χ1n) is 7.02. The number of hydrogen-bond acceptors (Lipinski definition) is 6. The molecule has 1 fully saturated rings. The number of carbonyl (C=O) groups is 1. The van der Waals surface area contributed by atoms with Crippen molar-refractivity contribution < 1.29 is 4.79 Å². The smallest absolute Gasteiger partial charge is 0.276 e. The minimum atomic E-state index is -0.660. The first-order chi connectivity index (χ1) is 10.7. The fourth-order valence-corrected chi connectivity index (χ4v) is 3.05. The maximum absolute atomic E-state index is 12.8. The van der Waals surface area contributed by atoms with Gasteiger partial charge in [0.05, 0.1) is 0 Å². The molecule has 1 saturated heterocycles. The zero-order valence-corrected chi connectivity index (χ0v) is 11.7. The van der Waals surface area contributed by atoms with Gasteiger partial charge >= 0.3 is 0 Å². The Bertz CT molecular complexity index is 795. The van der Waals surface area contributed by atoms with Crippen LogP contribution in [-0.2, 0) is 5.66 Å². The molecule has 0 aromatic carbocycles. The molecule has 4 rings (SSSR count). The topological polar surface area (TPSA) is 101 Å². The Hall–Kier alpha value is -2.74. The molecule has 1 spiro atoms. The first kappa shape index (κ1) is 13.0. The van der Waals surface area contributed by atoms with E-state index in [-0.39, 0.29) is 11.5 Å². The highest BCUT2D eigenvalue weighted by molar-refractivity contribution is 5.95. The molecule has 2 aromatic heterocycles. The number of aromatic nitrogens is 3. The Morgan fingerprint density at radius 1 is 1.27 bits per heavy atom. The van der Waals surface area contributed by atoms with Crippen molar-refractivity contribution in [2.45, 2.75) is 12.1 Å². The van der Waals surface area contributed by atoms with Crippen molar-refractivity contribution in [1.82, 2.24) is 25.2 Å². The Kier molecular flexibility index (Phi) is 2.73. The molecule has 4 heterocycles. The van der Waals surface area contributed by atoms with E-state index in [1.165, 1.54) is 6.33 Å². The third-order valence-electron chi connectivity index (χ3n) is 4.07. The van der Waals surface area contributed by atoms with Gasteiger partial charge in [-0.2, -0.15) is 0 Å². The zero-order chi connectivity index (χ0) is 15.2. The number of anilines is 2. The molecule has 2 aliphatic rings. The maximum atomic E-state index is 12.8. The van der Waals surface area contributed by atoms with Crippen molar-refractivity contribution in [1.29, 1.82) is 0 Å². The molecule has 22 heavy (non-hydrogen) atoms. The summed E-state index contributed by atoms with van der Waals surface area (Å²) in [7, 11) is 0. The summed E-state index contributed by atoms with van der Waals surface area (Å²) in [6.45, 7) is 1.30. The average molecular weight is 298 g/mol. The second-order valence-corrected chi connectivity index (χ2v) is 5.40. The molecule has 1 atom stereocenters. The van der Waals surface area contributed by atoms with Gasteiger partial charge in [-0.3, -0.25) is 14.2 Å².